The summed E-state index contributed by atoms with van der Waals surface area (Å²) >= 11 is 0. The van der Waals surface area contributed by atoms with Gasteiger partial charge in [-0.05, 0) is 51.6 Å². The summed E-state index contributed by atoms with van der Waals surface area (Å²) in [7, 11) is 0. The standard InChI is InChI=1S/C12H23NO2/c1-2-14-9-3-11-4-10-15-12(11)5-7-13-8-6-12/h11,13H,2-10H2,1H3/t11-/m0/s1. The molecule has 2 saturated heterocycles. The average Bonchev–Trinajstić information content (AvgIpc) is 2.63. The monoisotopic (exact) mass is 213 g/mol. The third kappa shape index (κ3) is 2.52. The predicted octanol–water partition coefficient (Wildman–Crippen LogP) is 1.57. The highest BCUT2D eigenvalue weighted by Crippen LogP contribution is 2.40. The van der Waals surface area contributed by atoms with Gasteiger partial charge in [0.05, 0.1) is 5.60 Å². The maximum Gasteiger partial charge on any atom is 0.0736 e. The fourth-order valence-electron chi connectivity index (χ4n) is 2.97. The van der Waals surface area contributed by atoms with Crippen LogP contribution in [0.25, 0.3) is 0 Å². The molecule has 0 unspecified atom stereocenters. The van der Waals surface area contributed by atoms with Gasteiger partial charge in [0.25, 0.3) is 0 Å². The van der Waals surface area contributed by atoms with Crippen molar-refractivity contribution in [3.8, 4) is 0 Å². The summed E-state index contributed by atoms with van der Waals surface area (Å²) in [5.74, 6) is 0.728. The zero-order chi connectivity index (χ0) is 10.6. The molecule has 0 bridgehead atoms. The first-order valence-electron chi connectivity index (χ1n) is 6.30. The lowest BCUT2D eigenvalue weighted by Crippen LogP contribution is -2.46. The zero-order valence-corrected chi connectivity index (χ0v) is 9.76. The number of piperidine rings is 1. The van der Waals surface area contributed by atoms with Gasteiger partial charge in [0.1, 0.15) is 0 Å². The summed E-state index contributed by atoms with van der Waals surface area (Å²) in [6.45, 7) is 6.99. The second-order valence-corrected chi connectivity index (χ2v) is 4.63. The smallest absolute Gasteiger partial charge is 0.0736 e. The fraction of sp³-hybridized carbons (Fsp3) is 1.00. The highest BCUT2D eigenvalue weighted by Gasteiger charge is 2.44. The Morgan fingerprint density at radius 2 is 2.20 bits per heavy atom. The van der Waals surface area contributed by atoms with E-state index >= 15 is 0 Å². The molecule has 15 heavy (non-hydrogen) atoms. The predicted molar refractivity (Wildman–Crippen MR) is 60.0 cm³/mol. The van der Waals surface area contributed by atoms with Gasteiger partial charge in [-0.15, -0.1) is 0 Å². The highest BCUT2D eigenvalue weighted by molar-refractivity contribution is 4.95. The van der Waals surface area contributed by atoms with Crippen molar-refractivity contribution in [2.24, 2.45) is 5.92 Å². The minimum absolute atomic E-state index is 0.197. The molecule has 3 heteroatoms. The summed E-state index contributed by atoms with van der Waals surface area (Å²) in [6, 6.07) is 0. The fourth-order valence-corrected chi connectivity index (χ4v) is 2.97. The molecule has 0 aromatic rings. The quantitative estimate of drug-likeness (QED) is 0.719. The van der Waals surface area contributed by atoms with Crippen LogP contribution < -0.4 is 5.32 Å². The van der Waals surface area contributed by atoms with E-state index in [9.17, 15) is 0 Å². The van der Waals surface area contributed by atoms with E-state index in [0.717, 1.165) is 38.8 Å². The summed E-state index contributed by atoms with van der Waals surface area (Å²) in [5, 5.41) is 3.41. The van der Waals surface area contributed by atoms with Crippen molar-refractivity contribution in [1.82, 2.24) is 5.32 Å². The number of nitrogens with one attached hydrogen (secondary N) is 1. The number of rotatable bonds is 4. The Hall–Kier alpha value is -0.120. The van der Waals surface area contributed by atoms with E-state index in [1.807, 2.05) is 0 Å². The van der Waals surface area contributed by atoms with Crippen LogP contribution in [0.5, 0.6) is 0 Å². The molecule has 2 heterocycles. The van der Waals surface area contributed by atoms with E-state index in [1.165, 1.54) is 25.7 Å². The molecular formula is C12H23NO2. The first kappa shape index (κ1) is 11.4. The van der Waals surface area contributed by atoms with Gasteiger partial charge in [-0.25, -0.2) is 0 Å². The molecule has 0 aliphatic carbocycles. The van der Waals surface area contributed by atoms with Crippen molar-refractivity contribution in [1.29, 1.82) is 0 Å². The number of hydrogen-bond donors (Lipinski definition) is 1. The Bertz CT molecular complexity index is 190. The second-order valence-electron chi connectivity index (χ2n) is 4.63. The van der Waals surface area contributed by atoms with Gasteiger partial charge in [0.15, 0.2) is 0 Å². The van der Waals surface area contributed by atoms with Crippen molar-refractivity contribution >= 4 is 0 Å². The molecule has 0 amide bonds. The van der Waals surface area contributed by atoms with Gasteiger partial charge in [0, 0.05) is 19.8 Å². The van der Waals surface area contributed by atoms with Crippen LogP contribution in [0.15, 0.2) is 0 Å². The molecule has 3 nitrogen and oxygen atoms in total. The minimum Gasteiger partial charge on any atom is -0.382 e. The first-order chi connectivity index (χ1) is 7.37. The normalized spacial score (nSPS) is 29.8. The molecule has 0 aromatic heterocycles. The van der Waals surface area contributed by atoms with Crippen molar-refractivity contribution in [3.05, 3.63) is 0 Å². The van der Waals surface area contributed by atoms with Crippen molar-refractivity contribution in [2.75, 3.05) is 32.9 Å². The second kappa shape index (κ2) is 5.28. The summed E-state index contributed by atoms with van der Waals surface area (Å²) in [4.78, 5) is 0. The SMILES string of the molecule is CCOCC[C@H]1CCOC12CCNCC2. The summed E-state index contributed by atoms with van der Waals surface area (Å²) < 4.78 is 11.5. The Balaban J connectivity index is 1.85. The maximum absolute atomic E-state index is 6.03. The molecule has 0 aromatic carbocycles. The van der Waals surface area contributed by atoms with E-state index in [2.05, 4.69) is 12.2 Å². The summed E-state index contributed by atoms with van der Waals surface area (Å²) in [6.07, 6.45) is 4.77. The number of hydrogen-bond acceptors (Lipinski definition) is 3. The van der Waals surface area contributed by atoms with Crippen LogP contribution in [0.2, 0.25) is 0 Å². The molecule has 2 aliphatic rings. The van der Waals surface area contributed by atoms with E-state index in [4.69, 9.17) is 9.47 Å². The van der Waals surface area contributed by atoms with Crippen LogP contribution in [-0.2, 0) is 9.47 Å². The van der Waals surface area contributed by atoms with Crippen molar-refractivity contribution in [3.63, 3.8) is 0 Å². The molecule has 2 aliphatic heterocycles. The van der Waals surface area contributed by atoms with Gasteiger partial charge < -0.3 is 14.8 Å². The largest absolute Gasteiger partial charge is 0.382 e. The summed E-state index contributed by atoms with van der Waals surface area (Å²) in [5.41, 5.74) is 0.197. The van der Waals surface area contributed by atoms with E-state index in [0.29, 0.717) is 0 Å². The van der Waals surface area contributed by atoms with Gasteiger partial charge in [-0.3, -0.25) is 0 Å². The molecule has 1 N–H and O–H groups in total. The average molecular weight is 213 g/mol. The minimum atomic E-state index is 0.197. The molecule has 2 fully saturated rings. The number of ether oxygens (including phenoxy) is 2. The van der Waals surface area contributed by atoms with Gasteiger partial charge >= 0.3 is 0 Å². The molecule has 88 valence electrons. The molecule has 0 radical (unpaired) electrons. The van der Waals surface area contributed by atoms with Crippen LogP contribution in [-0.4, -0.2) is 38.5 Å². The highest BCUT2D eigenvalue weighted by atomic mass is 16.5. The van der Waals surface area contributed by atoms with Crippen LogP contribution >= 0.6 is 0 Å². The lowest BCUT2D eigenvalue weighted by molar-refractivity contribution is -0.0507. The third-order valence-electron chi connectivity index (χ3n) is 3.86. The topological polar surface area (TPSA) is 30.5 Å². The van der Waals surface area contributed by atoms with Crippen molar-refractivity contribution < 1.29 is 9.47 Å². The Kier molecular flexibility index (Phi) is 4.00. The van der Waals surface area contributed by atoms with Crippen LogP contribution in [0, 0.1) is 5.92 Å². The van der Waals surface area contributed by atoms with E-state index in [-0.39, 0.29) is 5.60 Å². The molecule has 1 spiro atoms. The third-order valence-corrected chi connectivity index (χ3v) is 3.86. The molecular weight excluding hydrogens is 190 g/mol. The molecule has 0 saturated carbocycles. The van der Waals surface area contributed by atoms with E-state index < -0.39 is 0 Å². The lowest BCUT2D eigenvalue weighted by atomic mass is 9.78. The van der Waals surface area contributed by atoms with Crippen LogP contribution in [0.1, 0.15) is 32.6 Å². The van der Waals surface area contributed by atoms with Crippen molar-refractivity contribution in [2.45, 2.75) is 38.2 Å². The maximum atomic E-state index is 6.03. The molecule has 2 rings (SSSR count). The van der Waals surface area contributed by atoms with Crippen LogP contribution in [0.4, 0.5) is 0 Å². The van der Waals surface area contributed by atoms with Gasteiger partial charge in [-0.1, -0.05) is 0 Å². The Labute approximate surface area is 92.5 Å². The zero-order valence-electron chi connectivity index (χ0n) is 9.76. The lowest BCUT2D eigenvalue weighted by Gasteiger charge is -2.38. The molecule has 1 atom stereocenters. The first-order valence-corrected chi connectivity index (χ1v) is 6.30. The van der Waals surface area contributed by atoms with Gasteiger partial charge in [-0.2, -0.15) is 0 Å². The Morgan fingerprint density at radius 3 is 2.93 bits per heavy atom. The van der Waals surface area contributed by atoms with E-state index in [1.54, 1.807) is 0 Å². The van der Waals surface area contributed by atoms with Gasteiger partial charge in [0.2, 0.25) is 0 Å². The van der Waals surface area contributed by atoms with Crippen LogP contribution in [0.3, 0.4) is 0 Å². The Morgan fingerprint density at radius 1 is 1.40 bits per heavy atom.